The molecule has 1 N–H and O–H groups in total. The zero-order valence-electron chi connectivity index (χ0n) is 14.4. The first-order chi connectivity index (χ1) is 12.7. The molecular formula is C18H19N7O. The van der Waals surface area contributed by atoms with E-state index >= 15 is 0 Å². The van der Waals surface area contributed by atoms with Gasteiger partial charge in [-0.2, -0.15) is 5.10 Å². The molecule has 2 amide bonds. The molecule has 1 aliphatic rings. The minimum absolute atomic E-state index is 0.0187. The van der Waals surface area contributed by atoms with E-state index in [1.165, 1.54) is 11.0 Å². The lowest BCUT2D eigenvalue weighted by Gasteiger charge is -2.25. The first-order valence-corrected chi connectivity index (χ1v) is 8.50. The van der Waals surface area contributed by atoms with Crippen LogP contribution in [0, 0.1) is 5.92 Å². The predicted molar refractivity (Wildman–Crippen MR) is 95.6 cm³/mol. The Morgan fingerprint density at radius 3 is 2.88 bits per heavy atom. The van der Waals surface area contributed by atoms with Crippen molar-refractivity contribution in [2.75, 3.05) is 11.9 Å². The molecule has 8 nitrogen and oxygen atoms in total. The van der Waals surface area contributed by atoms with Gasteiger partial charge in [-0.05, 0) is 36.1 Å². The van der Waals surface area contributed by atoms with E-state index in [1.807, 2.05) is 23.2 Å². The third kappa shape index (κ3) is 3.13. The summed E-state index contributed by atoms with van der Waals surface area (Å²) in [5, 5.41) is 7.07. The number of carbonyl (C=O) groups excluding carboxylic acids is 1. The zero-order valence-corrected chi connectivity index (χ0v) is 14.4. The summed E-state index contributed by atoms with van der Waals surface area (Å²) in [6.07, 6.45) is 9.13. The average molecular weight is 349 g/mol. The molecule has 1 saturated heterocycles. The van der Waals surface area contributed by atoms with Gasteiger partial charge in [0.05, 0.1) is 11.7 Å². The molecule has 1 fully saturated rings. The highest BCUT2D eigenvalue weighted by atomic mass is 16.2. The highest BCUT2D eigenvalue weighted by Crippen LogP contribution is 2.35. The van der Waals surface area contributed by atoms with Crippen LogP contribution in [0.2, 0.25) is 0 Å². The van der Waals surface area contributed by atoms with E-state index in [0.29, 0.717) is 24.0 Å². The number of anilines is 1. The fraction of sp³-hybridized carbons (Fsp3) is 0.278. The number of likely N-dealkylation sites (tertiary alicyclic amines) is 1. The third-order valence-corrected chi connectivity index (χ3v) is 4.50. The van der Waals surface area contributed by atoms with E-state index in [1.54, 1.807) is 30.9 Å². The van der Waals surface area contributed by atoms with Crippen LogP contribution in [-0.4, -0.2) is 42.2 Å². The van der Waals surface area contributed by atoms with Gasteiger partial charge in [-0.3, -0.25) is 4.98 Å². The molecule has 3 aromatic rings. The van der Waals surface area contributed by atoms with Crippen LogP contribution in [0.4, 0.5) is 10.5 Å². The van der Waals surface area contributed by atoms with Gasteiger partial charge in [-0.15, -0.1) is 0 Å². The second-order valence-electron chi connectivity index (χ2n) is 6.44. The van der Waals surface area contributed by atoms with Gasteiger partial charge in [-0.1, -0.05) is 13.0 Å². The van der Waals surface area contributed by atoms with E-state index in [4.69, 9.17) is 0 Å². The monoisotopic (exact) mass is 349 g/mol. The Balaban J connectivity index is 1.59. The summed E-state index contributed by atoms with van der Waals surface area (Å²) in [4.78, 5) is 27.3. The molecule has 0 bridgehead atoms. The molecule has 0 spiro atoms. The number of hydrogen-bond donors (Lipinski definition) is 1. The number of hydrogen-bond acceptors (Lipinski definition) is 5. The molecule has 4 heterocycles. The molecule has 26 heavy (non-hydrogen) atoms. The van der Waals surface area contributed by atoms with Crippen molar-refractivity contribution in [1.82, 2.24) is 29.6 Å². The largest absolute Gasteiger partial charge is 0.322 e. The van der Waals surface area contributed by atoms with Crippen LogP contribution in [0.15, 0.2) is 55.5 Å². The quantitative estimate of drug-likeness (QED) is 0.785. The maximum atomic E-state index is 13.0. The standard InChI is InChI=1S/C18H19N7O/c1-13-8-16(14-4-2-6-19-9-14)24(10-13)18(26)23-15-5-3-7-21-17(15)25-12-20-11-22-25/h2-7,9,11-13,16H,8,10H2,1H3,(H,23,26). The highest BCUT2D eigenvalue weighted by molar-refractivity contribution is 5.91. The van der Waals surface area contributed by atoms with Crippen LogP contribution < -0.4 is 5.32 Å². The minimum atomic E-state index is -0.155. The summed E-state index contributed by atoms with van der Waals surface area (Å²) in [7, 11) is 0. The van der Waals surface area contributed by atoms with Crippen LogP contribution in [0.25, 0.3) is 5.82 Å². The fourth-order valence-corrected chi connectivity index (χ4v) is 3.34. The van der Waals surface area contributed by atoms with Crippen molar-refractivity contribution in [3.8, 4) is 5.82 Å². The molecule has 0 saturated carbocycles. The fourth-order valence-electron chi connectivity index (χ4n) is 3.34. The normalized spacial score (nSPS) is 19.5. The van der Waals surface area contributed by atoms with Gasteiger partial charge >= 0.3 is 6.03 Å². The van der Waals surface area contributed by atoms with Crippen molar-refractivity contribution >= 4 is 11.7 Å². The molecular weight excluding hydrogens is 330 g/mol. The molecule has 2 unspecified atom stereocenters. The van der Waals surface area contributed by atoms with Crippen molar-refractivity contribution in [3.63, 3.8) is 0 Å². The highest BCUT2D eigenvalue weighted by Gasteiger charge is 2.34. The van der Waals surface area contributed by atoms with Gasteiger partial charge in [0, 0.05) is 25.1 Å². The van der Waals surface area contributed by atoms with Crippen LogP contribution in [0.3, 0.4) is 0 Å². The third-order valence-electron chi connectivity index (χ3n) is 4.50. The SMILES string of the molecule is CC1CC(c2cccnc2)N(C(=O)Nc2cccnc2-n2cncn2)C1. The summed E-state index contributed by atoms with van der Waals surface area (Å²) >= 11 is 0. The molecule has 0 aliphatic carbocycles. The maximum absolute atomic E-state index is 13.0. The van der Waals surface area contributed by atoms with Crippen LogP contribution >= 0.6 is 0 Å². The first-order valence-electron chi connectivity index (χ1n) is 8.50. The van der Waals surface area contributed by atoms with E-state index in [9.17, 15) is 4.79 Å². The van der Waals surface area contributed by atoms with Crippen molar-refractivity contribution in [1.29, 1.82) is 0 Å². The maximum Gasteiger partial charge on any atom is 0.322 e. The van der Waals surface area contributed by atoms with Crippen molar-refractivity contribution < 1.29 is 4.79 Å². The number of nitrogens with one attached hydrogen (secondary N) is 1. The molecule has 8 heteroatoms. The molecule has 2 atom stereocenters. The van der Waals surface area contributed by atoms with Gasteiger partial charge in [0.25, 0.3) is 0 Å². The molecule has 3 aromatic heterocycles. The average Bonchev–Trinajstić information content (AvgIpc) is 3.33. The molecule has 1 aliphatic heterocycles. The number of rotatable bonds is 3. The zero-order chi connectivity index (χ0) is 17.9. The van der Waals surface area contributed by atoms with Crippen molar-refractivity contribution in [2.24, 2.45) is 5.92 Å². The Morgan fingerprint density at radius 1 is 1.23 bits per heavy atom. The van der Waals surface area contributed by atoms with Crippen molar-refractivity contribution in [2.45, 2.75) is 19.4 Å². The summed E-state index contributed by atoms with van der Waals surface area (Å²) in [5.74, 6) is 0.957. The second-order valence-corrected chi connectivity index (χ2v) is 6.44. The van der Waals surface area contributed by atoms with E-state index in [0.717, 1.165) is 12.0 Å². The first kappa shape index (κ1) is 16.2. The Kier molecular flexibility index (Phi) is 4.30. The van der Waals surface area contributed by atoms with Gasteiger partial charge < -0.3 is 10.2 Å². The summed E-state index contributed by atoms with van der Waals surface area (Å²) < 4.78 is 1.53. The minimum Gasteiger partial charge on any atom is -0.317 e. The van der Waals surface area contributed by atoms with E-state index in [2.05, 4.69) is 32.3 Å². The van der Waals surface area contributed by atoms with Crippen LogP contribution in [-0.2, 0) is 0 Å². The predicted octanol–water partition coefficient (Wildman–Crippen LogP) is 2.67. The number of amides is 2. The number of pyridine rings is 2. The number of carbonyl (C=O) groups is 1. The second kappa shape index (κ2) is 6.91. The van der Waals surface area contributed by atoms with Gasteiger partial charge in [0.2, 0.25) is 0 Å². The smallest absolute Gasteiger partial charge is 0.317 e. The summed E-state index contributed by atoms with van der Waals surface area (Å²) in [6.45, 7) is 2.85. The van der Waals surface area contributed by atoms with Gasteiger partial charge in [0.1, 0.15) is 12.7 Å². The lowest BCUT2D eigenvalue weighted by molar-refractivity contribution is 0.206. The van der Waals surface area contributed by atoms with Gasteiger partial charge in [0.15, 0.2) is 5.82 Å². The number of nitrogens with zero attached hydrogens (tertiary/aromatic N) is 6. The topological polar surface area (TPSA) is 88.8 Å². The summed E-state index contributed by atoms with van der Waals surface area (Å²) in [5.41, 5.74) is 1.64. The lowest BCUT2D eigenvalue weighted by Crippen LogP contribution is -2.35. The molecule has 0 aromatic carbocycles. The Labute approximate surface area is 150 Å². The van der Waals surface area contributed by atoms with Crippen LogP contribution in [0.5, 0.6) is 0 Å². The molecule has 0 radical (unpaired) electrons. The number of urea groups is 1. The Morgan fingerprint density at radius 2 is 2.12 bits per heavy atom. The van der Waals surface area contributed by atoms with Crippen molar-refractivity contribution in [3.05, 3.63) is 61.1 Å². The van der Waals surface area contributed by atoms with E-state index in [-0.39, 0.29) is 12.1 Å². The summed E-state index contributed by atoms with van der Waals surface area (Å²) in [6, 6.07) is 7.36. The van der Waals surface area contributed by atoms with Gasteiger partial charge in [-0.25, -0.2) is 19.4 Å². The molecule has 132 valence electrons. The number of aromatic nitrogens is 5. The molecule has 4 rings (SSSR count). The Bertz CT molecular complexity index is 882. The van der Waals surface area contributed by atoms with Crippen LogP contribution in [0.1, 0.15) is 24.9 Å². The lowest BCUT2D eigenvalue weighted by atomic mass is 10.0. The van der Waals surface area contributed by atoms with E-state index < -0.39 is 0 Å². The Hall–Kier alpha value is -3.29.